The molecule has 1 rings (SSSR count). The minimum absolute atomic E-state index is 0.0600. The van der Waals surface area contributed by atoms with E-state index in [9.17, 15) is 4.79 Å². The highest BCUT2D eigenvalue weighted by molar-refractivity contribution is 5.69. The zero-order valence-corrected chi connectivity index (χ0v) is 11.8. The van der Waals surface area contributed by atoms with Crippen molar-refractivity contribution in [3.8, 4) is 0 Å². The Balaban J connectivity index is 2.97. The van der Waals surface area contributed by atoms with Gasteiger partial charge in [-0.15, -0.1) is 0 Å². The van der Waals surface area contributed by atoms with E-state index in [1.165, 1.54) is 0 Å². The van der Waals surface area contributed by atoms with Crippen molar-refractivity contribution < 1.29 is 9.90 Å². The molecular weight excluding hydrogens is 230 g/mol. The summed E-state index contributed by atoms with van der Waals surface area (Å²) in [5.41, 5.74) is 2.06. The van der Waals surface area contributed by atoms with Gasteiger partial charge in [0.15, 0.2) is 0 Å². The molecule has 102 valence electrons. The van der Waals surface area contributed by atoms with Crippen LogP contribution < -0.4 is 0 Å². The average Bonchev–Trinajstić information content (AvgIpc) is 2.63. The van der Waals surface area contributed by atoms with Crippen LogP contribution in [-0.4, -0.2) is 38.3 Å². The highest BCUT2D eigenvalue weighted by Crippen LogP contribution is 2.25. The Kier molecular flexibility index (Phi) is 4.90. The third-order valence-electron chi connectivity index (χ3n) is 3.47. The maximum absolute atomic E-state index is 11.0. The summed E-state index contributed by atoms with van der Waals surface area (Å²) in [7, 11) is 1.88. The Morgan fingerprint density at radius 1 is 1.56 bits per heavy atom. The van der Waals surface area contributed by atoms with Crippen molar-refractivity contribution >= 4 is 5.97 Å². The lowest BCUT2D eigenvalue weighted by atomic mass is 10.1. The van der Waals surface area contributed by atoms with E-state index in [1.54, 1.807) is 4.68 Å². The number of nitrogens with zero attached hydrogens (tertiary/aromatic N) is 3. The molecule has 2 unspecified atom stereocenters. The zero-order valence-electron chi connectivity index (χ0n) is 11.8. The number of aliphatic carboxylic acids is 1. The maximum Gasteiger partial charge on any atom is 0.317 e. The summed E-state index contributed by atoms with van der Waals surface area (Å²) in [6.07, 6.45) is 2.90. The largest absolute Gasteiger partial charge is 0.480 e. The highest BCUT2D eigenvalue weighted by atomic mass is 16.4. The predicted octanol–water partition coefficient (Wildman–Crippen LogP) is 1.97. The van der Waals surface area contributed by atoms with Crippen LogP contribution in [0.1, 0.15) is 44.5 Å². The molecule has 0 aliphatic heterocycles. The molecule has 0 saturated carbocycles. The second-order valence-corrected chi connectivity index (χ2v) is 4.84. The molecule has 1 N–H and O–H groups in total. The number of carboxylic acid groups (broad SMARTS) is 1. The molecule has 18 heavy (non-hydrogen) atoms. The Morgan fingerprint density at radius 3 is 2.56 bits per heavy atom. The lowest BCUT2D eigenvalue weighted by molar-refractivity contribution is -0.139. The van der Waals surface area contributed by atoms with E-state index in [1.807, 2.05) is 32.0 Å². The van der Waals surface area contributed by atoms with E-state index in [2.05, 4.69) is 18.9 Å². The monoisotopic (exact) mass is 253 g/mol. The first-order chi connectivity index (χ1) is 8.36. The van der Waals surface area contributed by atoms with Crippen molar-refractivity contribution in [2.45, 2.75) is 46.2 Å². The van der Waals surface area contributed by atoms with Gasteiger partial charge in [-0.3, -0.25) is 14.4 Å². The van der Waals surface area contributed by atoms with Crippen molar-refractivity contribution in [3.63, 3.8) is 0 Å². The van der Waals surface area contributed by atoms with Gasteiger partial charge in [-0.05, 0) is 27.2 Å². The van der Waals surface area contributed by atoms with Crippen LogP contribution in [0.3, 0.4) is 0 Å². The molecule has 2 atom stereocenters. The molecule has 0 aliphatic rings. The Hall–Kier alpha value is -1.36. The van der Waals surface area contributed by atoms with E-state index in [0.717, 1.165) is 17.7 Å². The van der Waals surface area contributed by atoms with Crippen LogP contribution in [0.2, 0.25) is 0 Å². The number of rotatable bonds is 6. The molecule has 5 heteroatoms. The van der Waals surface area contributed by atoms with E-state index < -0.39 is 5.97 Å². The van der Waals surface area contributed by atoms with Crippen LogP contribution in [0.25, 0.3) is 0 Å². The van der Waals surface area contributed by atoms with Gasteiger partial charge in [-0.1, -0.05) is 6.92 Å². The quantitative estimate of drug-likeness (QED) is 0.842. The molecule has 0 radical (unpaired) electrons. The molecule has 1 aromatic heterocycles. The number of hydrogen-bond acceptors (Lipinski definition) is 3. The first-order valence-corrected chi connectivity index (χ1v) is 6.34. The lowest BCUT2D eigenvalue weighted by Gasteiger charge is -2.32. The second-order valence-electron chi connectivity index (χ2n) is 4.84. The molecule has 0 aromatic carbocycles. The molecule has 0 fully saturated rings. The van der Waals surface area contributed by atoms with Crippen molar-refractivity contribution in [2.75, 3.05) is 6.54 Å². The smallest absolute Gasteiger partial charge is 0.317 e. The van der Waals surface area contributed by atoms with Gasteiger partial charge in [0.05, 0.1) is 12.2 Å². The normalized spacial score (nSPS) is 14.8. The van der Waals surface area contributed by atoms with E-state index in [4.69, 9.17) is 5.11 Å². The number of aryl methyl sites for hydroxylation is 2. The number of aromatic nitrogens is 2. The van der Waals surface area contributed by atoms with Crippen molar-refractivity contribution in [2.24, 2.45) is 7.05 Å². The molecule has 0 bridgehead atoms. The van der Waals surface area contributed by atoms with Crippen molar-refractivity contribution in [3.05, 3.63) is 17.5 Å². The third kappa shape index (κ3) is 3.32. The van der Waals surface area contributed by atoms with Crippen LogP contribution in [0.15, 0.2) is 6.20 Å². The first kappa shape index (κ1) is 14.7. The highest BCUT2D eigenvalue weighted by Gasteiger charge is 2.24. The predicted molar refractivity (Wildman–Crippen MR) is 70.5 cm³/mol. The maximum atomic E-state index is 11.0. The number of carbonyl (C=O) groups is 1. The summed E-state index contributed by atoms with van der Waals surface area (Å²) in [4.78, 5) is 13.0. The lowest BCUT2D eigenvalue weighted by Crippen LogP contribution is -2.39. The molecule has 1 heterocycles. The fraction of sp³-hybridized carbons (Fsp3) is 0.692. The minimum atomic E-state index is -0.788. The Morgan fingerprint density at radius 2 is 2.17 bits per heavy atom. The summed E-state index contributed by atoms with van der Waals surface area (Å²) < 4.78 is 1.77. The molecule has 1 aromatic rings. The standard InChI is InChI=1S/C13H23N3O2/c1-6-9(2)16(8-13(17)18)11(4)12-7-15(5)14-10(12)3/h7,9,11H,6,8H2,1-5H3,(H,17,18). The van der Waals surface area contributed by atoms with Crippen LogP contribution in [0, 0.1) is 6.92 Å². The van der Waals surface area contributed by atoms with Crippen molar-refractivity contribution in [1.29, 1.82) is 0 Å². The van der Waals surface area contributed by atoms with Gasteiger partial charge in [-0.25, -0.2) is 0 Å². The van der Waals surface area contributed by atoms with Crippen molar-refractivity contribution in [1.82, 2.24) is 14.7 Å². The van der Waals surface area contributed by atoms with Gasteiger partial charge in [0.25, 0.3) is 0 Å². The average molecular weight is 253 g/mol. The third-order valence-corrected chi connectivity index (χ3v) is 3.47. The van der Waals surface area contributed by atoms with E-state index in [0.29, 0.717) is 0 Å². The molecule has 5 nitrogen and oxygen atoms in total. The van der Waals surface area contributed by atoms with Gasteiger partial charge >= 0.3 is 5.97 Å². The molecule has 0 amide bonds. The van der Waals surface area contributed by atoms with Crippen LogP contribution >= 0.6 is 0 Å². The minimum Gasteiger partial charge on any atom is -0.480 e. The van der Waals surface area contributed by atoms with Gasteiger partial charge in [0.1, 0.15) is 0 Å². The second kappa shape index (κ2) is 6.00. The summed E-state index contributed by atoms with van der Waals surface area (Å²) in [5, 5.41) is 13.4. The summed E-state index contributed by atoms with van der Waals surface area (Å²) in [6, 6.07) is 0.292. The summed E-state index contributed by atoms with van der Waals surface area (Å²) in [6.45, 7) is 8.19. The van der Waals surface area contributed by atoms with Gasteiger partial charge < -0.3 is 5.11 Å². The van der Waals surface area contributed by atoms with Crippen LogP contribution in [0.5, 0.6) is 0 Å². The molecule has 0 spiro atoms. The first-order valence-electron chi connectivity index (χ1n) is 6.34. The molecule has 0 aliphatic carbocycles. The van der Waals surface area contributed by atoms with Gasteiger partial charge in [-0.2, -0.15) is 5.10 Å². The molecular formula is C13H23N3O2. The number of carboxylic acids is 1. The molecule has 0 saturated heterocycles. The van der Waals surface area contributed by atoms with Gasteiger partial charge in [0, 0.05) is 30.9 Å². The fourth-order valence-corrected chi connectivity index (χ4v) is 2.27. The van der Waals surface area contributed by atoms with E-state index in [-0.39, 0.29) is 18.6 Å². The SMILES string of the molecule is CCC(C)N(CC(=O)O)C(C)c1cn(C)nc1C. The summed E-state index contributed by atoms with van der Waals surface area (Å²) in [5.74, 6) is -0.788. The topological polar surface area (TPSA) is 58.4 Å². The Labute approximate surface area is 108 Å². The number of hydrogen-bond donors (Lipinski definition) is 1. The van der Waals surface area contributed by atoms with Crippen LogP contribution in [-0.2, 0) is 11.8 Å². The zero-order chi connectivity index (χ0) is 13.9. The Bertz CT molecular complexity index is 414. The van der Waals surface area contributed by atoms with E-state index >= 15 is 0 Å². The van der Waals surface area contributed by atoms with Crippen LogP contribution in [0.4, 0.5) is 0 Å². The summed E-state index contributed by atoms with van der Waals surface area (Å²) >= 11 is 0. The fourth-order valence-electron chi connectivity index (χ4n) is 2.27. The van der Waals surface area contributed by atoms with Gasteiger partial charge in [0.2, 0.25) is 0 Å².